The summed E-state index contributed by atoms with van der Waals surface area (Å²) in [4.78, 5) is 0. The van der Waals surface area contributed by atoms with Crippen molar-refractivity contribution in [3.05, 3.63) is 0 Å². The van der Waals surface area contributed by atoms with Gasteiger partial charge in [-0.25, -0.2) is 8.42 Å². The van der Waals surface area contributed by atoms with Crippen LogP contribution in [-0.2, 0) is 10.0 Å². The zero-order chi connectivity index (χ0) is 8.20. The molecular weight excluding hydrogens is 172 g/mol. The molecule has 0 aliphatic rings. The molecule has 0 aliphatic carbocycles. The van der Waals surface area contributed by atoms with Crippen LogP contribution in [0.5, 0.6) is 0 Å². The van der Waals surface area contributed by atoms with Crippen LogP contribution in [0, 0.1) is 5.41 Å². The molecule has 0 rings (SSSR count). The summed E-state index contributed by atoms with van der Waals surface area (Å²) in [7, 11) is -3.23. The molecule has 0 aromatic carbocycles. The van der Waals surface area contributed by atoms with Crippen LogP contribution >= 0.6 is 11.8 Å². The van der Waals surface area contributed by atoms with E-state index < -0.39 is 10.0 Å². The molecule has 0 saturated heterocycles. The van der Waals surface area contributed by atoms with Gasteiger partial charge >= 0.3 is 0 Å². The average Bonchev–Trinajstić information content (AvgIpc) is 1.87. The number of amidine groups is 1. The van der Waals surface area contributed by atoms with Gasteiger partial charge in [0.1, 0.15) is 0 Å². The molecule has 0 bridgehead atoms. The molecule has 0 atom stereocenters. The first-order valence-corrected chi connectivity index (χ1v) is 5.52. The molecule has 4 nitrogen and oxygen atoms in total. The lowest BCUT2D eigenvalue weighted by Gasteiger charge is -2.02. The number of thioether (sulfide) groups is 1. The van der Waals surface area contributed by atoms with Crippen molar-refractivity contribution in [2.24, 2.45) is 0 Å². The molecule has 0 aliphatic heterocycles. The molecule has 0 unspecified atom stereocenters. The summed E-state index contributed by atoms with van der Waals surface area (Å²) in [5.41, 5.74) is 0. The number of nitrogens with one attached hydrogen (secondary N) is 2. The number of hydrogen-bond donors (Lipinski definition) is 2. The van der Waals surface area contributed by atoms with Gasteiger partial charge in [-0.05, 0) is 13.2 Å². The van der Waals surface area contributed by atoms with Gasteiger partial charge in [-0.1, -0.05) is 11.8 Å². The van der Waals surface area contributed by atoms with Crippen molar-refractivity contribution in [1.29, 1.82) is 5.41 Å². The number of hydrogen-bond acceptors (Lipinski definition) is 4. The fraction of sp³-hybridized carbons (Fsp3) is 0.750. The average molecular weight is 182 g/mol. The van der Waals surface area contributed by atoms with Crippen LogP contribution in [0.15, 0.2) is 0 Å². The van der Waals surface area contributed by atoms with Crippen molar-refractivity contribution in [3.63, 3.8) is 0 Å². The largest absolute Gasteiger partial charge is 0.278 e. The van der Waals surface area contributed by atoms with Gasteiger partial charge in [0.15, 0.2) is 5.17 Å². The minimum Gasteiger partial charge on any atom is -0.278 e. The third-order valence-electron chi connectivity index (χ3n) is 0.832. The first-order valence-electron chi connectivity index (χ1n) is 2.65. The standard InChI is InChI=1S/C4H10N2O2S2/c1-3-10(7,8)6-4(5)9-2/h3H2,1-2H3,(H2,5,6). The van der Waals surface area contributed by atoms with E-state index in [1.54, 1.807) is 6.26 Å². The van der Waals surface area contributed by atoms with Crippen LogP contribution in [-0.4, -0.2) is 25.6 Å². The normalized spacial score (nSPS) is 11.0. The van der Waals surface area contributed by atoms with Gasteiger partial charge in [-0.3, -0.25) is 10.1 Å². The Labute approximate surface area is 65.0 Å². The van der Waals surface area contributed by atoms with Crippen molar-refractivity contribution < 1.29 is 8.42 Å². The summed E-state index contributed by atoms with van der Waals surface area (Å²) in [5.74, 6) is 0.00986. The monoisotopic (exact) mass is 182 g/mol. The van der Waals surface area contributed by atoms with E-state index in [1.165, 1.54) is 6.92 Å². The highest BCUT2D eigenvalue weighted by Gasteiger charge is 2.06. The topological polar surface area (TPSA) is 70.0 Å². The number of rotatable bonds is 2. The highest BCUT2D eigenvalue weighted by molar-refractivity contribution is 8.14. The smallest absolute Gasteiger partial charge is 0.233 e. The maximum atomic E-state index is 10.7. The molecule has 0 heterocycles. The van der Waals surface area contributed by atoms with Crippen LogP contribution < -0.4 is 4.72 Å². The lowest BCUT2D eigenvalue weighted by atomic mass is 11.0. The van der Waals surface area contributed by atoms with Gasteiger partial charge in [-0.2, -0.15) is 0 Å². The van der Waals surface area contributed by atoms with Gasteiger partial charge in [0, 0.05) is 0 Å². The Hall–Kier alpha value is -0.230. The van der Waals surface area contributed by atoms with E-state index in [1.807, 2.05) is 0 Å². The van der Waals surface area contributed by atoms with E-state index in [4.69, 9.17) is 5.41 Å². The summed E-state index contributed by atoms with van der Waals surface area (Å²) in [6.45, 7) is 1.52. The van der Waals surface area contributed by atoms with E-state index in [9.17, 15) is 8.42 Å². The van der Waals surface area contributed by atoms with Crippen LogP contribution in [0.3, 0.4) is 0 Å². The Balaban J connectivity index is 4.03. The Kier molecular flexibility index (Phi) is 3.73. The molecule has 2 N–H and O–H groups in total. The molecule has 0 amide bonds. The summed E-state index contributed by atoms with van der Waals surface area (Å²) in [6, 6.07) is 0. The van der Waals surface area contributed by atoms with Crippen molar-refractivity contribution in [3.8, 4) is 0 Å². The van der Waals surface area contributed by atoms with Crippen LogP contribution in [0.2, 0.25) is 0 Å². The fourth-order valence-electron chi connectivity index (χ4n) is 0.255. The second-order valence-electron chi connectivity index (χ2n) is 1.54. The first-order chi connectivity index (χ1) is 4.52. The van der Waals surface area contributed by atoms with E-state index in [2.05, 4.69) is 4.72 Å². The molecule has 10 heavy (non-hydrogen) atoms. The highest BCUT2D eigenvalue weighted by Crippen LogP contribution is 1.93. The first kappa shape index (κ1) is 9.77. The maximum Gasteiger partial charge on any atom is 0.233 e. The Morgan fingerprint density at radius 2 is 2.20 bits per heavy atom. The Morgan fingerprint density at radius 3 is 2.50 bits per heavy atom. The maximum absolute atomic E-state index is 10.7. The predicted octanol–water partition coefficient (Wildman–Crippen LogP) is 0.223. The van der Waals surface area contributed by atoms with Gasteiger partial charge in [0.05, 0.1) is 5.75 Å². The molecule has 6 heteroatoms. The molecule has 60 valence electrons. The van der Waals surface area contributed by atoms with Crippen LogP contribution in [0.25, 0.3) is 0 Å². The molecule has 0 spiro atoms. The van der Waals surface area contributed by atoms with Crippen molar-refractivity contribution in [1.82, 2.24) is 4.72 Å². The number of sulfonamides is 1. The summed E-state index contributed by atoms with van der Waals surface area (Å²) in [5, 5.41) is 6.93. The molecule has 0 aromatic heterocycles. The minimum atomic E-state index is -3.23. The Morgan fingerprint density at radius 1 is 1.70 bits per heavy atom. The second kappa shape index (κ2) is 3.82. The summed E-state index contributed by atoms with van der Waals surface area (Å²) < 4.78 is 23.5. The van der Waals surface area contributed by atoms with Crippen LogP contribution in [0.1, 0.15) is 6.92 Å². The fourth-order valence-corrected chi connectivity index (χ4v) is 1.40. The molecule has 0 radical (unpaired) electrons. The third-order valence-corrected chi connectivity index (χ3v) is 2.75. The van der Waals surface area contributed by atoms with Crippen LogP contribution in [0.4, 0.5) is 0 Å². The van der Waals surface area contributed by atoms with Crippen molar-refractivity contribution >= 4 is 27.0 Å². The molecule has 0 aromatic rings. The zero-order valence-corrected chi connectivity index (χ0v) is 7.47. The molecule has 0 saturated carbocycles. The Bertz CT molecular complexity index is 209. The second-order valence-corrected chi connectivity index (χ2v) is 4.37. The highest BCUT2D eigenvalue weighted by atomic mass is 32.2. The predicted molar refractivity (Wildman–Crippen MR) is 43.8 cm³/mol. The lowest BCUT2D eigenvalue weighted by Crippen LogP contribution is -2.28. The zero-order valence-electron chi connectivity index (χ0n) is 5.84. The molecular formula is C4H10N2O2S2. The van der Waals surface area contributed by atoms with E-state index in [0.29, 0.717) is 0 Å². The van der Waals surface area contributed by atoms with Crippen molar-refractivity contribution in [2.75, 3.05) is 12.0 Å². The quantitative estimate of drug-likeness (QED) is 0.474. The molecule has 0 fully saturated rings. The minimum absolute atomic E-state index is 0.00986. The van der Waals surface area contributed by atoms with Gasteiger partial charge in [-0.15, -0.1) is 0 Å². The van der Waals surface area contributed by atoms with Gasteiger partial charge < -0.3 is 0 Å². The lowest BCUT2D eigenvalue weighted by molar-refractivity contribution is 0.594. The summed E-state index contributed by atoms with van der Waals surface area (Å²) in [6.07, 6.45) is 1.64. The van der Waals surface area contributed by atoms with E-state index in [0.717, 1.165) is 11.8 Å². The summed E-state index contributed by atoms with van der Waals surface area (Å²) >= 11 is 1.06. The van der Waals surface area contributed by atoms with E-state index in [-0.39, 0.29) is 10.9 Å². The SMILES string of the molecule is CCS(=O)(=O)NC(=N)SC. The third kappa shape index (κ3) is 3.73. The van der Waals surface area contributed by atoms with E-state index >= 15 is 0 Å². The van der Waals surface area contributed by atoms with Gasteiger partial charge in [0.25, 0.3) is 0 Å². The van der Waals surface area contributed by atoms with Crippen molar-refractivity contribution in [2.45, 2.75) is 6.92 Å². The van der Waals surface area contributed by atoms with Gasteiger partial charge in [0.2, 0.25) is 10.0 Å².